The molecule has 1 fully saturated rings. The van der Waals surface area contributed by atoms with Crippen LogP contribution in [0.4, 0.5) is 10.2 Å². The van der Waals surface area contributed by atoms with Gasteiger partial charge < -0.3 is 15.1 Å². The van der Waals surface area contributed by atoms with Gasteiger partial charge in [-0.3, -0.25) is 4.90 Å². The highest BCUT2D eigenvalue weighted by atomic mass is 19.1. The average Bonchev–Trinajstić information content (AvgIpc) is 2.38. The SMILES string of the molecule is CC(C)(O)CN1CCN(c2nccc(CO)c2F)CC1. The minimum absolute atomic E-state index is 0.272. The fraction of sp³-hybridized carbons (Fsp3) is 0.643. The first-order valence-corrected chi connectivity index (χ1v) is 6.84. The van der Waals surface area contributed by atoms with Gasteiger partial charge in [-0.05, 0) is 19.9 Å². The molecular formula is C14H22FN3O2. The number of piperazine rings is 1. The van der Waals surface area contributed by atoms with E-state index < -0.39 is 11.4 Å². The highest BCUT2D eigenvalue weighted by Gasteiger charge is 2.25. The van der Waals surface area contributed by atoms with E-state index in [1.54, 1.807) is 13.8 Å². The number of halogens is 1. The van der Waals surface area contributed by atoms with Gasteiger partial charge in [0.25, 0.3) is 0 Å². The molecule has 5 nitrogen and oxygen atoms in total. The third-order valence-electron chi connectivity index (χ3n) is 3.40. The molecule has 0 aromatic carbocycles. The Kier molecular flexibility index (Phi) is 4.57. The van der Waals surface area contributed by atoms with Crippen molar-refractivity contribution in [2.75, 3.05) is 37.6 Å². The molecule has 112 valence electrons. The Hall–Kier alpha value is -1.24. The first-order valence-electron chi connectivity index (χ1n) is 6.84. The monoisotopic (exact) mass is 283 g/mol. The maximum Gasteiger partial charge on any atom is 0.171 e. The predicted octanol–water partition coefficient (Wildman–Crippen LogP) is 0.606. The van der Waals surface area contributed by atoms with Crippen molar-refractivity contribution >= 4 is 5.82 Å². The summed E-state index contributed by atoms with van der Waals surface area (Å²) in [6.07, 6.45) is 1.52. The summed E-state index contributed by atoms with van der Waals surface area (Å²) in [7, 11) is 0. The highest BCUT2D eigenvalue weighted by Crippen LogP contribution is 2.21. The number of anilines is 1. The van der Waals surface area contributed by atoms with Gasteiger partial charge in [-0.25, -0.2) is 9.37 Å². The third-order valence-corrected chi connectivity index (χ3v) is 3.40. The molecule has 6 heteroatoms. The Morgan fingerprint density at radius 1 is 1.30 bits per heavy atom. The fourth-order valence-electron chi connectivity index (χ4n) is 2.48. The summed E-state index contributed by atoms with van der Waals surface area (Å²) in [5, 5.41) is 18.9. The van der Waals surface area contributed by atoms with Crippen LogP contribution in [0, 0.1) is 5.82 Å². The Labute approximate surface area is 118 Å². The summed E-state index contributed by atoms with van der Waals surface area (Å²) >= 11 is 0. The molecule has 1 aromatic heterocycles. The van der Waals surface area contributed by atoms with E-state index in [9.17, 15) is 9.50 Å². The van der Waals surface area contributed by atoms with Gasteiger partial charge >= 0.3 is 0 Å². The van der Waals surface area contributed by atoms with Crippen molar-refractivity contribution in [3.63, 3.8) is 0 Å². The molecule has 1 aliphatic heterocycles. The second kappa shape index (κ2) is 6.03. The minimum atomic E-state index is -0.720. The van der Waals surface area contributed by atoms with E-state index >= 15 is 0 Å². The van der Waals surface area contributed by atoms with E-state index in [-0.39, 0.29) is 12.2 Å². The van der Waals surface area contributed by atoms with E-state index in [2.05, 4.69) is 9.88 Å². The molecule has 0 unspecified atom stereocenters. The Morgan fingerprint density at radius 2 is 1.95 bits per heavy atom. The first kappa shape index (κ1) is 15.2. The van der Waals surface area contributed by atoms with Crippen molar-refractivity contribution in [3.05, 3.63) is 23.6 Å². The number of hydrogen-bond acceptors (Lipinski definition) is 5. The van der Waals surface area contributed by atoms with E-state index in [0.29, 0.717) is 25.5 Å². The zero-order valence-corrected chi connectivity index (χ0v) is 12.0. The zero-order chi connectivity index (χ0) is 14.8. The number of nitrogens with zero attached hydrogens (tertiary/aromatic N) is 3. The van der Waals surface area contributed by atoms with Crippen LogP contribution in [0.15, 0.2) is 12.3 Å². The van der Waals surface area contributed by atoms with Crippen LogP contribution >= 0.6 is 0 Å². The Bertz CT molecular complexity index is 454. The van der Waals surface area contributed by atoms with Gasteiger partial charge in [0, 0.05) is 44.5 Å². The lowest BCUT2D eigenvalue weighted by atomic mass is 10.1. The van der Waals surface area contributed by atoms with Crippen LogP contribution in [0.5, 0.6) is 0 Å². The Morgan fingerprint density at radius 3 is 2.50 bits per heavy atom. The zero-order valence-electron chi connectivity index (χ0n) is 12.0. The van der Waals surface area contributed by atoms with Crippen LogP contribution in [-0.4, -0.2) is 58.4 Å². The van der Waals surface area contributed by atoms with Crippen molar-refractivity contribution in [1.29, 1.82) is 0 Å². The van der Waals surface area contributed by atoms with Crippen LogP contribution in [0.1, 0.15) is 19.4 Å². The van der Waals surface area contributed by atoms with Crippen molar-refractivity contribution in [3.8, 4) is 0 Å². The third kappa shape index (κ3) is 3.65. The number of aromatic nitrogens is 1. The molecule has 20 heavy (non-hydrogen) atoms. The van der Waals surface area contributed by atoms with Crippen LogP contribution in [0.2, 0.25) is 0 Å². The molecule has 1 aliphatic rings. The summed E-state index contributed by atoms with van der Waals surface area (Å²) in [4.78, 5) is 8.12. The smallest absolute Gasteiger partial charge is 0.171 e. The maximum absolute atomic E-state index is 14.1. The van der Waals surface area contributed by atoms with E-state index in [4.69, 9.17) is 5.11 Å². The van der Waals surface area contributed by atoms with Crippen molar-refractivity contribution in [2.45, 2.75) is 26.1 Å². The standard InChI is InChI=1S/C14H22FN3O2/c1-14(2,20)10-17-5-7-18(8-6-17)13-12(15)11(9-19)3-4-16-13/h3-4,19-20H,5-10H2,1-2H3. The van der Waals surface area contributed by atoms with Crippen LogP contribution < -0.4 is 4.90 Å². The van der Waals surface area contributed by atoms with Crippen LogP contribution in [0.3, 0.4) is 0 Å². The molecule has 0 amide bonds. The number of β-amino-alcohol motifs (C(OH)–C–C–N with tert-alkyl or cyclic N) is 1. The number of hydrogen-bond donors (Lipinski definition) is 2. The van der Waals surface area contributed by atoms with Gasteiger partial charge in [0.05, 0.1) is 12.2 Å². The molecule has 2 heterocycles. The van der Waals surface area contributed by atoms with Gasteiger partial charge in [0.1, 0.15) is 0 Å². The van der Waals surface area contributed by atoms with Gasteiger partial charge in [0.15, 0.2) is 11.6 Å². The topological polar surface area (TPSA) is 59.8 Å². The maximum atomic E-state index is 14.1. The summed E-state index contributed by atoms with van der Waals surface area (Å²) in [5.74, 6) is -0.134. The number of aliphatic hydroxyl groups is 2. The number of aliphatic hydroxyl groups excluding tert-OH is 1. The molecule has 0 radical (unpaired) electrons. The molecule has 1 aromatic rings. The lowest BCUT2D eigenvalue weighted by molar-refractivity contribution is 0.0344. The molecule has 0 spiro atoms. The average molecular weight is 283 g/mol. The van der Waals surface area contributed by atoms with E-state index in [0.717, 1.165) is 13.1 Å². The second-order valence-corrected chi connectivity index (χ2v) is 5.84. The lowest BCUT2D eigenvalue weighted by Gasteiger charge is -2.37. The largest absolute Gasteiger partial charge is 0.392 e. The van der Waals surface area contributed by atoms with Crippen molar-refractivity contribution in [2.24, 2.45) is 0 Å². The van der Waals surface area contributed by atoms with E-state index in [1.165, 1.54) is 12.3 Å². The van der Waals surface area contributed by atoms with Crippen molar-refractivity contribution in [1.82, 2.24) is 9.88 Å². The molecule has 0 aliphatic carbocycles. The fourth-order valence-corrected chi connectivity index (χ4v) is 2.48. The summed E-state index contributed by atoms with van der Waals surface area (Å²) in [6, 6.07) is 1.49. The second-order valence-electron chi connectivity index (χ2n) is 5.84. The van der Waals surface area contributed by atoms with Crippen LogP contribution in [0.25, 0.3) is 0 Å². The molecule has 2 rings (SSSR count). The number of pyridine rings is 1. The van der Waals surface area contributed by atoms with Gasteiger partial charge in [-0.2, -0.15) is 0 Å². The summed E-state index contributed by atoms with van der Waals surface area (Å²) < 4.78 is 14.1. The minimum Gasteiger partial charge on any atom is -0.392 e. The molecular weight excluding hydrogens is 261 g/mol. The van der Waals surface area contributed by atoms with Gasteiger partial charge in [-0.15, -0.1) is 0 Å². The first-order chi connectivity index (χ1) is 9.40. The molecule has 0 atom stereocenters. The predicted molar refractivity (Wildman–Crippen MR) is 75.1 cm³/mol. The Balaban J connectivity index is 2.01. The molecule has 1 saturated heterocycles. The quantitative estimate of drug-likeness (QED) is 0.847. The molecule has 0 saturated carbocycles. The van der Waals surface area contributed by atoms with E-state index in [1.807, 2.05) is 4.90 Å². The van der Waals surface area contributed by atoms with Gasteiger partial charge in [-0.1, -0.05) is 0 Å². The van der Waals surface area contributed by atoms with Crippen molar-refractivity contribution < 1.29 is 14.6 Å². The van der Waals surface area contributed by atoms with Gasteiger partial charge in [0.2, 0.25) is 0 Å². The number of rotatable bonds is 4. The summed E-state index contributed by atoms with van der Waals surface area (Å²) in [5.41, 5.74) is -0.448. The summed E-state index contributed by atoms with van der Waals surface area (Å²) in [6.45, 7) is 6.69. The lowest BCUT2D eigenvalue weighted by Crippen LogP contribution is -2.51. The highest BCUT2D eigenvalue weighted by molar-refractivity contribution is 5.43. The van der Waals surface area contributed by atoms with Crippen LogP contribution in [-0.2, 0) is 6.61 Å². The molecule has 0 bridgehead atoms. The normalized spacial score (nSPS) is 17.6. The molecule has 2 N–H and O–H groups in total.